The van der Waals surface area contributed by atoms with Gasteiger partial charge in [-0.05, 0) is 34.5 Å². The van der Waals surface area contributed by atoms with Crippen molar-refractivity contribution in [2.24, 2.45) is 0 Å². The Bertz CT molecular complexity index is 733. The van der Waals surface area contributed by atoms with Crippen molar-refractivity contribution in [2.75, 3.05) is 0 Å². The lowest BCUT2D eigenvalue weighted by molar-refractivity contribution is 0.179. The Balaban J connectivity index is 1.95. The van der Waals surface area contributed by atoms with Gasteiger partial charge in [0.25, 0.3) is 0 Å². The maximum atomic E-state index is 13.8. The Morgan fingerprint density at radius 3 is 2.75 bits per heavy atom. The number of thiophene rings is 1. The van der Waals surface area contributed by atoms with Gasteiger partial charge in [-0.1, -0.05) is 35.9 Å². The Morgan fingerprint density at radius 2 is 1.95 bits per heavy atom. The molecule has 102 valence electrons. The second-order valence-corrected chi connectivity index (χ2v) is 5.93. The predicted octanol–water partition coefficient (Wildman–Crippen LogP) is 4.97. The molecule has 20 heavy (non-hydrogen) atoms. The highest BCUT2D eigenvalue weighted by Gasteiger charge is 2.17. The molecule has 3 aromatic rings. The standard InChI is InChI=1S/C16H12ClFOS/c17-13-5-3-6-14(18)11(13)8-15(19)12-9-20-16-7-2-1-4-10(12)16/h1-7,9,15,19H,8H2. The van der Waals surface area contributed by atoms with Crippen LogP contribution in [-0.2, 0) is 6.42 Å². The zero-order valence-electron chi connectivity index (χ0n) is 10.5. The number of rotatable bonds is 3. The largest absolute Gasteiger partial charge is 0.388 e. The summed E-state index contributed by atoms with van der Waals surface area (Å²) in [5.41, 5.74) is 1.18. The first kappa shape index (κ1) is 13.6. The van der Waals surface area contributed by atoms with E-state index in [-0.39, 0.29) is 12.2 Å². The van der Waals surface area contributed by atoms with Crippen LogP contribution < -0.4 is 0 Å². The van der Waals surface area contributed by atoms with Crippen LogP contribution in [0.15, 0.2) is 47.8 Å². The second kappa shape index (κ2) is 5.52. The molecule has 4 heteroatoms. The molecule has 0 radical (unpaired) electrons. The number of aliphatic hydroxyl groups is 1. The van der Waals surface area contributed by atoms with Crippen molar-refractivity contribution in [3.05, 3.63) is 69.8 Å². The number of hydrogen-bond acceptors (Lipinski definition) is 2. The van der Waals surface area contributed by atoms with Crippen molar-refractivity contribution < 1.29 is 9.50 Å². The molecular weight excluding hydrogens is 295 g/mol. The van der Waals surface area contributed by atoms with E-state index < -0.39 is 6.10 Å². The van der Waals surface area contributed by atoms with E-state index in [9.17, 15) is 9.50 Å². The van der Waals surface area contributed by atoms with Gasteiger partial charge < -0.3 is 5.11 Å². The van der Waals surface area contributed by atoms with Crippen LogP contribution in [0.5, 0.6) is 0 Å². The molecule has 1 heterocycles. The molecule has 1 atom stereocenters. The van der Waals surface area contributed by atoms with Crippen LogP contribution >= 0.6 is 22.9 Å². The number of halogens is 2. The van der Waals surface area contributed by atoms with Gasteiger partial charge >= 0.3 is 0 Å². The minimum absolute atomic E-state index is 0.173. The summed E-state index contributed by atoms with van der Waals surface area (Å²) in [6, 6.07) is 12.4. The van der Waals surface area contributed by atoms with E-state index in [2.05, 4.69) is 0 Å². The maximum Gasteiger partial charge on any atom is 0.127 e. The van der Waals surface area contributed by atoms with E-state index in [0.717, 1.165) is 15.6 Å². The first-order chi connectivity index (χ1) is 9.66. The number of benzene rings is 2. The average molecular weight is 307 g/mol. The van der Waals surface area contributed by atoms with Crippen LogP contribution in [0.1, 0.15) is 17.2 Å². The van der Waals surface area contributed by atoms with E-state index in [4.69, 9.17) is 11.6 Å². The summed E-state index contributed by atoms with van der Waals surface area (Å²) < 4.78 is 14.9. The lowest BCUT2D eigenvalue weighted by Gasteiger charge is -2.12. The fourth-order valence-corrected chi connectivity index (χ4v) is 3.54. The minimum Gasteiger partial charge on any atom is -0.388 e. The first-order valence-electron chi connectivity index (χ1n) is 6.24. The quantitative estimate of drug-likeness (QED) is 0.724. The van der Waals surface area contributed by atoms with E-state index in [1.807, 2.05) is 29.6 Å². The number of aliphatic hydroxyl groups excluding tert-OH is 1. The smallest absolute Gasteiger partial charge is 0.127 e. The van der Waals surface area contributed by atoms with E-state index in [1.165, 1.54) is 6.07 Å². The molecule has 0 spiro atoms. The van der Waals surface area contributed by atoms with Crippen molar-refractivity contribution in [1.82, 2.24) is 0 Å². The topological polar surface area (TPSA) is 20.2 Å². The molecule has 0 saturated carbocycles. The van der Waals surface area contributed by atoms with Crippen LogP contribution in [-0.4, -0.2) is 5.11 Å². The van der Waals surface area contributed by atoms with Crippen molar-refractivity contribution in [1.29, 1.82) is 0 Å². The van der Waals surface area contributed by atoms with Crippen LogP contribution in [0.4, 0.5) is 4.39 Å². The molecule has 3 rings (SSSR count). The van der Waals surface area contributed by atoms with E-state index in [0.29, 0.717) is 10.6 Å². The van der Waals surface area contributed by atoms with E-state index >= 15 is 0 Å². The summed E-state index contributed by atoms with van der Waals surface area (Å²) in [6.45, 7) is 0. The number of fused-ring (bicyclic) bond motifs is 1. The van der Waals surface area contributed by atoms with E-state index in [1.54, 1.807) is 23.5 Å². The summed E-state index contributed by atoms with van der Waals surface area (Å²) >= 11 is 7.58. The van der Waals surface area contributed by atoms with Crippen molar-refractivity contribution in [3.63, 3.8) is 0 Å². The summed E-state index contributed by atoms with van der Waals surface area (Å²) in [6.07, 6.45) is -0.591. The third-order valence-corrected chi connectivity index (χ3v) is 4.66. The van der Waals surface area contributed by atoms with Gasteiger partial charge in [0.2, 0.25) is 0 Å². The number of hydrogen-bond donors (Lipinski definition) is 1. The molecule has 0 aliphatic carbocycles. The highest BCUT2D eigenvalue weighted by Crippen LogP contribution is 2.33. The van der Waals surface area contributed by atoms with Gasteiger partial charge in [0.15, 0.2) is 0 Å². The molecule has 0 saturated heterocycles. The van der Waals surface area contributed by atoms with Crippen molar-refractivity contribution in [2.45, 2.75) is 12.5 Å². The molecule has 0 bridgehead atoms. The Hall–Kier alpha value is -1.42. The van der Waals surface area contributed by atoms with Crippen LogP contribution in [0, 0.1) is 5.82 Å². The predicted molar refractivity (Wildman–Crippen MR) is 81.9 cm³/mol. The molecule has 0 amide bonds. The average Bonchev–Trinajstić information content (AvgIpc) is 2.87. The molecule has 1 N–H and O–H groups in total. The molecule has 1 nitrogen and oxygen atoms in total. The first-order valence-corrected chi connectivity index (χ1v) is 7.49. The van der Waals surface area contributed by atoms with Gasteiger partial charge in [-0.25, -0.2) is 4.39 Å². The molecule has 1 unspecified atom stereocenters. The fraction of sp³-hybridized carbons (Fsp3) is 0.125. The Morgan fingerprint density at radius 1 is 1.15 bits per heavy atom. The van der Waals surface area contributed by atoms with Gasteiger partial charge in [0.1, 0.15) is 5.82 Å². The molecule has 1 aromatic heterocycles. The lowest BCUT2D eigenvalue weighted by atomic mass is 10.0. The fourth-order valence-electron chi connectivity index (χ4n) is 2.29. The SMILES string of the molecule is OC(Cc1c(F)cccc1Cl)c1csc2ccccc12. The molecule has 2 aromatic carbocycles. The summed E-state index contributed by atoms with van der Waals surface area (Å²) in [4.78, 5) is 0. The third kappa shape index (κ3) is 2.44. The zero-order valence-corrected chi connectivity index (χ0v) is 12.1. The highest BCUT2D eigenvalue weighted by molar-refractivity contribution is 7.17. The molecular formula is C16H12ClFOS. The van der Waals surface area contributed by atoms with Gasteiger partial charge in [-0.3, -0.25) is 0 Å². The monoisotopic (exact) mass is 306 g/mol. The Labute approximate surface area is 125 Å². The van der Waals surface area contributed by atoms with Crippen LogP contribution in [0.3, 0.4) is 0 Å². The summed E-state index contributed by atoms with van der Waals surface area (Å²) in [7, 11) is 0. The van der Waals surface area contributed by atoms with Crippen molar-refractivity contribution >= 4 is 33.0 Å². The van der Waals surface area contributed by atoms with Gasteiger partial charge in [0, 0.05) is 21.7 Å². The molecule has 0 aliphatic heterocycles. The van der Waals surface area contributed by atoms with Crippen molar-refractivity contribution in [3.8, 4) is 0 Å². The second-order valence-electron chi connectivity index (χ2n) is 4.61. The van der Waals surface area contributed by atoms with Gasteiger partial charge in [-0.2, -0.15) is 0 Å². The van der Waals surface area contributed by atoms with Gasteiger partial charge in [0.05, 0.1) is 6.10 Å². The normalized spacial score (nSPS) is 12.8. The summed E-state index contributed by atoms with van der Waals surface area (Å²) in [5, 5.41) is 13.7. The Kier molecular flexibility index (Phi) is 3.74. The molecule has 0 fully saturated rings. The van der Waals surface area contributed by atoms with Gasteiger partial charge in [-0.15, -0.1) is 11.3 Å². The highest BCUT2D eigenvalue weighted by atomic mass is 35.5. The minimum atomic E-state index is -0.763. The summed E-state index contributed by atoms with van der Waals surface area (Å²) in [5.74, 6) is -0.379. The van der Waals surface area contributed by atoms with Crippen LogP contribution in [0.25, 0.3) is 10.1 Å². The molecule has 0 aliphatic rings. The lowest BCUT2D eigenvalue weighted by Crippen LogP contribution is -2.03. The third-order valence-electron chi connectivity index (χ3n) is 3.33. The maximum absolute atomic E-state index is 13.8. The van der Waals surface area contributed by atoms with Crippen LogP contribution in [0.2, 0.25) is 5.02 Å². The zero-order chi connectivity index (χ0) is 14.1.